The molecule has 0 radical (unpaired) electrons. The second kappa shape index (κ2) is 4.85. The number of benzene rings is 1. The van der Waals surface area contributed by atoms with Gasteiger partial charge in [0.15, 0.2) is 0 Å². The Morgan fingerprint density at radius 1 is 1.25 bits per heavy atom. The molecule has 0 amide bonds. The third-order valence-corrected chi connectivity index (χ3v) is 3.12. The summed E-state index contributed by atoms with van der Waals surface area (Å²) in [6.07, 6.45) is 3.81. The molecule has 3 nitrogen and oxygen atoms in total. The van der Waals surface area contributed by atoms with Gasteiger partial charge in [-0.15, -0.1) is 0 Å². The first kappa shape index (κ1) is 11.4. The van der Waals surface area contributed by atoms with Crippen LogP contribution in [-0.4, -0.2) is 22.4 Å². The van der Waals surface area contributed by atoms with Gasteiger partial charge >= 0.3 is 0 Å². The van der Waals surface area contributed by atoms with Crippen LogP contribution in [0.5, 0.6) is 5.75 Å². The van der Waals surface area contributed by atoms with Crippen molar-refractivity contribution in [2.45, 2.75) is 37.9 Å². The fourth-order valence-corrected chi connectivity index (χ4v) is 2.13. The normalized spacial score (nSPS) is 18.6. The molecule has 1 fully saturated rings. The molecule has 1 aliphatic carbocycles. The SMILES string of the molecule is OCc1cccc(OCC2(O)CCCC2)c1. The van der Waals surface area contributed by atoms with E-state index in [-0.39, 0.29) is 6.61 Å². The molecule has 0 spiro atoms. The Kier molecular flexibility index (Phi) is 3.46. The van der Waals surface area contributed by atoms with E-state index in [1.807, 2.05) is 18.2 Å². The van der Waals surface area contributed by atoms with Crippen LogP contribution in [0.3, 0.4) is 0 Å². The van der Waals surface area contributed by atoms with Gasteiger partial charge in [0, 0.05) is 0 Å². The Morgan fingerprint density at radius 3 is 2.69 bits per heavy atom. The topological polar surface area (TPSA) is 49.7 Å². The van der Waals surface area contributed by atoms with Gasteiger partial charge < -0.3 is 14.9 Å². The van der Waals surface area contributed by atoms with E-state index in [1.165, 1.54) is 0 Å². The van der Waals surface area contributed by atoms with Gasteiger partial charge in [0.1, 0.15) is 12.4 Å². The van der Waals surface area contributed by atoms with Crippen LogP contribution in [0, 0.1) is 0 Å². The van der Waals surface area contributed by atoms with Crippen LogP contribution in [-0.2, 0) is 6.61 Å². The summed E-state index contributed by atoms with van der Waals surface area (Å²) in [6.45, 7) is 0.364. The van der Waals surface area contributed by atoms with Crippen molar-refractivity contribution in [3.8, 4) is 5.75 Å². The molecule has 0 bridgehead atoms. The molecule has 1 aliphatic rings. The Labute approximate surface area is 95.7 Å². The minimum absolute atomic E-state index is 0.0153. The van der Waals surface area contributed by atoms with E-state index in [0.717, 1.165) is 31.2 Å². The van der Waals surface area contributed by atoms with Crippen molar-refractivity contribution in [1.29, 1.82) is 0 Å². The van der Waals surface area contributed by atoms with E-state index >= 15 is 0 Å². The highest BCUT2D eigenvalue weighted by Gasteiger charge is 2.31. The summed E-state index contributed by atoms with van der Waals surface area (Å²) in [5, 5.41) is 19.1. The number of ether oxygens (including phenoxy) is 1. The highest BCUT2D eigenvalue weighted by atomic mass is 16.5. The lowest BCUT2D eigenvalue weighted by atomic mass is 10.0. The number of hydrogen-bond donors (Lipinski definition) is 2. The Morgan fingerprint density at radius 2 is 2.00 bits per heavy atom. The maximum Gasteiger partial charge on any atom is 0.119 e. The van der Waals surface area contributed by atoms with Crippen molar-refractivity contribution in [3.05, 3.63) is 29.8 Å². The molecule has 3 heteroatoms. The van der Waals surface area contributed by atoms with E-state index in [2.05, 4.69) is 0 Å². The number of rotatable bonds is 4. The lowest BCUT2D eigenvalue weighted by Gasteiger charge is -2.22. The minimum Gasteiger partial charge on any atom is -0.491 e. The van der Waals surface area contributed by atoms with Crippen molar-refractivity contribution in [2.75, 3.05) is 6.61 Å². The van der Waals surface area contributed by atoms with Crippen molar-refractivity contribution >= 4 is 0 Å². The van der Waals surface area contributed by atoms with Gasteiger partial charge in [-0.3, -0.25) is 0 Å². The van der Waals surface area contributed by atoms with Gasteiger partial charge in [-0.25, -0.2) is 0 Å². The minimum atomic E-state index is -0.644. The van der Waals surface area contributed by atoms with Crippen molar-refractivity contribution in [2.24, 2.45) is 0 Å². The standard InChI is InChI=1S/C13H18O3/c14-9-11-4-3-5-12(8-11)16-10-13(15)6-1-2-7-13/h3-5,8,14-15H,1-2,6-7,9-10H2. The third kappa shape index (κ3) is 2.74. The molecule has 0 unspecified atom stereocenters. The Hall–Kier alpha value is -1.06. The molecule has 2 N–H and O–H groups in total. The van der Waals surface area contributed by atoms with Crippen LogP contribution >= 0.6 is 0 Å². The van der Waals surface area contributed by atoms with E-state index in [1.54, 1.807) is 6.07 Å². The van der Waals surface area contributed by atoms with Gasteiger partial charge in [-0.1, -0.05) is 25.0 Å². The molecule has 1 saturated carbocycles. The second-order valence-corrected chi connectivity index (χ2v) is 4.53. The summed E-state index contributed by atoms with van der Waals surface area (Å²) >= 11 is 0. The smallest absolute Gasteiger partial charge is 0.119 e. The first-order valence-corrected chi connectivity index (χ1v) is 5.77. The molecule has 0 atom stereocenters. The molecule has 0 heterocycles. The average molecular weight is 222 g/mol. The molecule has 2 rings (SSSR count). The molecule has 0 saturated heterocycles. The number of aliphatic hydroxyl groups excluding tert-OH is 1. The summed E-state index contributed by atoms with van der Waals surface area (Å²) in [5.41, 5.74) is 0.186. The van der Waals surface area contributed by atoms with Crippen LogP contribution in [0.15, 0.2) is 24.3 Å². The zero-order valence-corrected chi connectivity index (χ0v) is 9.35. The van der Waals surface area contributed by atoms with E-state index in [9.17, 15) is 5.11 Å². The van der Waals surface area contributed by atoms with Gasteiger partial charge in [-0.05, 0) is 30.5 Å². The highest BCUT2D eigenvalue weighted by molar-refractivity contribution is 5.28. The zero-order chi connectivity index (χ0) is 11.4. The summed E-state index contributed by atoms with van der Waals surface area (Å²) in [4.78, 5) is 0. The summed E-state index contributed by atoms with van der Waals surface area (Å²) in [6, 6.07) is 7.34. The Bertz CT molecular complexity index is 343. The molecule has 0 aromatic heterocycles. The predicted octanol–water partition coefficient (Wildman–Crippen LogP) is 1.86. The van der Waals surface area contributed by atoms with Crippen LogP contribution < -0.4 is 4.74 Å². The molecule has 1 aromatic carbocycles. The molecule has 1 aromatic rings. The van der Waals surface area contributed by atoms with Crippen LogP contribution in [0.2, 0.25) is 0 Å². The van der Waals surface area contributed by atoms with Crippen molar-refractivity contribution in [3.63, 3.8) is 0 Å². The lowest BCUT2D eigenvalue weighted by Crippen LogP contribution is -2.32. The maximum absolute atomic E-state index is 10.1. The summed E-state index contributed by atoms with van der Waals surface area (Å²) in [7, 11) is 0. The Balaban J connectivity index is 1.93. The quantitative estimate of drug-likeness (QED) is 0.817. The average Bonchev–Trinajstić information content (AvgIpc) is 2.75. The highest BCUT2D eigenvalue weighted by Crippen LogP contribution is 2.30. The van der Waals surface area contributed by atoms with Gasteiger partial charge in [0.25, 0.3) is 0 Å². The first-order chi connectivity index (χ1) is 7.72. The summed E-state index contributed by atoms with van der Waals surface area (Å²) in [5.74, 6) is 0.715. The number of hydrogen-bond acceptors (Lipinski definition) is 3. The van der Waals surface area contributed by atoms with Crippen LogP contribution in [0.1, 0.15) is 31.2 Å². The monoisotopic (exact) mass is 222 g/mol. The van der Waals surface area contributed by atoms with Gasteiger partial charge in [-0.2, -0.15) is 0 Å². The fourth-order valence-electron chi connectivity index (χ4n) is 2.13. The fraction of sp³-hybridized carbons (Fsp3) is 0.538. The maximum atomic E-state index is 10.1. The second-order valence-electron chi connectivity index (χ2n) is 4.53. The largest absolute Gasteiger partial charge is 0.491 e. The molecular weight excluding hydrogens is 204 g/mol. The molecular formula is C13H18O3. The van der Waals surface area contributed by atoms with E-state index in [4.69, 9.17) is 9.84 Å². The van der Waals surface area contributed by atoms with E-state index < -0.39 is 5.60 Å². The molecule has 0 aliphatic heterocycles. The first-order valence-electron chi connectivity index (χ1n) is 5.77. The zero-order valence-electron chi connectivity index (χ0n) is 9.35. The molecule has 88 valence electrons. The lowest BCUT2D eigenvalue weighted by molar-refractivity contribution is 0.00137. The van der Waals surface area contributed by atoms with Crippen molar-refractivity contribution in [1.82, 2.24) is 0 Å². The van der Waals surface area contributed by atoms with Crippen molar-refractivity contribution < 1.29 is 14.9 Å². The van der Waals surface area contributed by atoms with Crippen LogP contribution in [0.25, 0.3) is 0 Å². The molecule has 16 heavy (non-hydrogen) atoms. The summed E-state index contributed by atoms with van der Waals surface area (Å²) < 4.78 is 5.57. The van der Waals surface area contributed by atoms with Gasteiger partial charge in [0.05, 0.1) is 12.2 Å². The van der Waals surface area contributed by atoms with E-state index in [0.29, 0.717) is 12.4 Å². The predicted molar refractivity (Wildman–Crippen MR) is 61.3 cm³/mol. The van der Waals surface area contributed by atoms with Crippen LogP contribution in [0.4, 0.5) is 0 Å². The van der Waals surface area contributed by atoms with Gasteiger partial charge in [0.2, 0.25) is 0 Å². The number of aliphatic hydroxyl groups is 2. The third-order valence-electron chi connectivity index (χ3n) is 3.12.